The minimum absolute atomic E-state index is 0.197. The first-order valence-electron chi connectivity index (χ1n) is 6.00. The standard InChI is InChI=1S/C12H22N2O3/c1-8(10(15)16)7-14(4)11(17)13-12(2,3)9-5-6-9/h8-9H,5-7H2,1-4H3,(H,13,17)(H,15,16). The van der Waals surface area contributed by atoms with Gasteiger partial charge in [-0.3, -0.25) is 4.79 Å². The molecule has 2 N–H and O–H groups in total. The maximum Gasteiger partial charge on any atom is 0.317 e. The van der Waals surface area contributed by atoms with Crippen molar-refractivity contribution in [2.75, 3.05) is 13.6 Å². The van der Waals surface area contributed by atoms with Crippen molar-refractivity contribution < 1.29 is 14.7 Å². The van der Waals surface area contributed by atoms with Gasteiger partial charge in [0.1, 0.15) is 0 Å². The molecule has 1 aliphatic rings. The number of amides is 2. The summed E-state index contributed by atoms with van der Waals surface area (Å²) in [6, 6.07) is -0.199. The van der Waals surface area contributed by atoms with Crippen molar-refractivity contribution in [2.24, 2.45) is 11.8 Å². The fourth-order valence-corrected chi connectivity index (χ4v) is 1.85. The minimum atomic E-state index is -0.883. The molecule has 5 nitrogen and oxygen atoms in total. The Bertz CT molecular complexity index is 311. The molecular weight excluding hydrogens is 220 g/mol. The lowest BCUT2D eigenvalue weighted by atomic mass is 9.99. The molecule has 1 aliphatic carbocycles. The van der Waals surface area contributed by atoms with Crippen LogP contribution in [-0.2, 0) is 4.79 Å². The first kappa shape index (κ1) is 13.8. The highest BCUT2D eigenvalue weighted by atomic mass is 16.4. The van der Waals surface area contributed by atoms with Crippen LogP contribution in [0.25, 0.3) is 0 Å². The third-order valence-corrected chi connectivity index (χ3v) is 3.34. The van der Waals surface area contributed by atoms with Crippen LogP contribution in [0.4, 0.5) is 4.79 Å². The normalized spacial score (nSPS) is 17.4. The van der Waals surface area contributed by atoms with Crippen LogP contribution in [0.15, 0.2) is 0 Å². The van der Waals surface area contributed by atoms with Crippen molar-refractivity contribution >= 4 is 12.0 Å². The molecule has 1 unspecified atom stereocenters. The molecule has 2 amide bonds. The third-order valence-electron chi connectivity index (χ3n) is 3.34. The summed E-state index contributed by atoms with van der Waals surface area (Å²) >= 11 is 0. The molecule has 0 heterocycles. The Balaban J connectivity index is 2.43. The Morgan fingerprint density at radius 1 is 1.47 bits per heavy atom. The lowest BCUT2D eigenvalue weighted by Crippen LogP contribution is -2.51. The van der Waals surface area contributed by atoms with E-state index in [4.69, 9.17) is 5.11 Å². The van der Waals surface area contributed by atoms with E-state index in [1.165, 1.54) is 4.90 Å². The Morgan fingerprint density at radius 3 is 2.41 bits per heavy atom. The monoisotopic (exact) mass is 242 g/mol. The Labute approximate surface area is 102 Å². The summed E-state index contributed by atoms with van der Waals surface area (Å²) in [7, 11) is 1.62. The van der Waals surface area contributed by atoms with E-state index in [9.17, 15) is 9.59 Å². The van der Waals surface area contributed by atoms with E-state index >= 15 is 0 Å². The fraction of sp³-hybridized carbons (Fsp3) is 0.833. The second kappa shape index (κ2) is 4.94. The number of urea groups is 1. The number of carboxylic acids is 1. The number of nitrogens with zero attached hydrogens (tertiary/aromatic N) is 1. The number of hydrogen-bond donors (Lipinski definition) is 2. The first-order chi connectivity index (χ1) is 7.74. The van der Waals surface area contributed by atoms with Gasteiger partial charge in [0.2, 0.25) is 0 Å². The second-order valence-corrected chi connectivity index (χ2v) is 5.55. The van der Waals surface area contributed by atoms with E-state index < -0.39 is 11.9 Å². The number of carboxylic acid groups (broad SMARTS) is 1. The van der Waals surface area contributed by atoms with Crippen molar-refractivity contribution in [3.05, 3.63) is 0 Å². The highest BCUT2D eigenvalue weighted by molar-refractivity contribution is 5.76. The zero-order valence-corrected chi connectivity index (χ0v) is 11.0. The second-order valence-electron chi connectivity index (χ2n) is 5.55. The van der Waals surface area contributed by atoms with E-state index in [-0.39, 0.29) is 18.1 Å². The minimum Gasteiger partial charge on any atom is -0.481 e. The number of carbonyl (C=O) groups is 2. The van der Waals surface area contributed by atoms with Crippen molar-refractivity contribution in [2.45, 2.75) is 39.2 Å². The van der Waals surface area contributed by atoms with E-state index in [1.807, 2.05) is 13.8 Å². The summed E-state index contributed by atoms with van der Waals surface area (Å²) in [4.78, 5) is 24.0. The molecule has 17 heavy (non-hydrogen) atoms. The van der Waals surface area contributed by atoms with Gasteiger partial charge in [0.05, 0.1) is 5.92 Å². The number of rotatable bonds is 5. The van der Waals surface area contributed by atoms with E-state index in [0.29, 0.717) is 5.92 Å². The molecule has 0 aliphatic heterocycles. The van der Waals surface area contributed by atoms with Gasteiger partial charge in [0.25, 0.3) is 0 Å². The molecule has 0 aromatic rings. The summed E-state index contributed by atoms with van der Waals surface area (Å²) in [5.41, 5.74) is -0.197. The Kier molecular flexibility index (Phi) is 4.01. The van der Waals surface area contributed by atoms with Crippen LogP contribution in [0.1, 0.15) is 33.6 Å². The van der Waals surface area contributed by atoms with Crippen LogP contribution in [-0.4, -0.2) is 41.1 Å². The molecule has 0 bridgehead atoms. The van der Waals surface area contributed by atoms with Crippen LogP contribution in [0, 0.1) is 11.8 Å². The molecule has 0 saturated heterocycles. The molecule has 5 heteroatoms. The van der Waals surface area contributed by atoms with Crippen LogP contribution in [0.3, 0.4) is 0 Å². The van der Waals surface area contributed by atoms with Crippen molar-refractivity contribution in [3.8, 4) is 0 Å². The molecular formula is C12H22N2O3. The zero-order valence-electron chi connectivity index (χ0n) is 11.0. The van der Waals surface area contributed by atoms with Gasteiger partial charge in [-0.15, -0.1) is 0 Å². The van der Waals surface area contributed by atoms with Gasteiger partial charge < -0.3 is 15.3 Å². The van der Waals surface area contributed by atoms with E-state index in [0.717, 1.165) is 12.8 Å². The smallest absolute Gasteiger partial charge is 0.317 e. The van der Waals surface area contributed by atoms with Gasteiger partial charge in [-0.2, -0.15) is 0 Å². The number of carbonyl (C=O) groups excluding carboxylic acids is 1. The van der Waals surface area contributed by atoms with Crippen LogP contribution in [0.5, 0.6) is 0 Å². The van der Waals surface area contributed by atoms with Gasteiger partial charge in [0, 0.05) is 19.1 Å². The number of aliphatic carboxylic acids is 1. The summed E-state index contributed by atoms with van der Waals surface area (Å²) in [5, 5.41) is 11.7. The van der Waals surface area contributed by atoms with Crippen LogP contribution < -0.4 is 5.32 Å². The first-order valence-corrected chi connectivity index (χ1v) is 6.00. The molecule has 1 fully saturated rings. The fourth-order valence-electron chi connectivity index (χ4n) is 1.85. The number of nitrogens with one attached hydrogen (secondary N) is 1. The molecule has 0 radical (unpaired) electrons. The van der Waals surface area contributed by atoms with Crippen molar-refractivity contribution in [1.29, 1.82) is 0 Å². The maximum atomic E-state index is 11.9. The summed E-state index contributed by atoms with van der Waals surface area (Å²) in [5.74, 6) is -0.877. The summed E-state index contributed by atoms with van der Waals surface area (Å²) in [6.07, 6.45) is 2.31. The Hall–Kier alpha value is -1.26. The average molecular weight is 242 g/mol. The van der Waals surface area contributed by atoms with Gasteiger partial charge >= 0.3 is 12.0 Å². The van der Waals surface area contributed by atoms with Gasteiger partial charge in [-0.25, -0.2) is 4.79 Å². The van der Waals surface area contributed by atoms with Crippen molar-refractivity contribution in [3.63, 3.8) is 0 Å². The van der Waals surface area contributed by atoms with Gasteiger partial charge in [-0.1, -0.05) is 6.92 Å². The molecule has 98 valence electrons. The summed E-state index contributed by atoms with van der Waals surface area (Å²) < 4.78 is 0. The molecule has 0 aromatic carbocycles. The molecule has 0 aromatic heterocycles. The zero-order chi connectivity index (χ0) is 13.2. The topological polar surface area (TPSA) is 69.6 Å². The van der Waals surface area contributed by atoms with E-state index in [1.54, 1.807) is 14.0 Å². The van der Waals surface area contributed by atoms with Gasteiger partial charge in [-0.05, 0) is 32.6 Å². The molecule has 1 atom stereocenters. The van der Waals surface area contributed by atoms with Crippen LogP contribution >= 0.6 is 0 Å². The largest absolute Gasteiger partial charge is 0.481 e. The molecule has 0 spiro atoms. The molecule has 1 rings (SSSR count). The highest BCUT2D eigenvalue weighted by Gasteiger charge is 2.39. The third kappa shape index (κ3) is 3.91. The number of hydrogen-bond acceptors (Lipinski definition) is 2. The lowest BCUT2D eigenvalue weighted by Gasteiger charge is -2.30. The Morgan fingerprint density at radius 2 is 2.00 bits per heavy atom. The highest BCUT2D eigenvalue weighted by Crippen LogP contribution is 2.39. The molecule has 1 saturated carbocycles. The average Bonchev–Trinajstić information content (AvgIpc) is 2.99. The summed E-state index contributed by atoms with van der Waals surface area (Å²) in [6.45, 7) is 5.84. The van der Waals surface area contributed by atoms with Crippen molar-refractivity contribution in [1.82, 2.24) is 10.2 Å². The van der Waals surface area contributed by atoms with Crippen LogP contribution in [0.2, 0.25) is 0 Å². The predicted molar refractivity (Wildman–Crippen MR) is 64.8 cm³/mol. The maximum absolute atomic E-state index is 11.9. The van der Waals surface area contributed by atoms with Gasteiger partial charge in [0.15, 0.2) is 0 Å². The SMILES string of the molecule is CC(CN(C)C(=O)NC(C)(C)C1CC1)C(=O)O. The van der Waals surface area contributed by atoms with E-state index in [2.05, 4.69) is 5.32 Å². The predicted octanol–water partition coefficient (Wildman–Crippen LogP) is 1.54. The quantitative estimate of drug-likeness (QED) is 0.768. The lowest BCUT2D eigenvalue weighted by molar-refractivity contribution is -0.141.